The molecule has 1 aromatic rings. The summed E-state index contributed by atoms with van der Waals surface area (Å²) in [6.07, 6.45) is 2.30. The molecule has 0 amide bonds. The van der Waals surface area contributed by atoms with E-state index in [1.165, 1.54) is 0 Å². The molecule has 1 nitrogen and oxygen atoms in total. The highest BCUT2D eigenvalue weighted by molar-refractivity contribution is 7.07. The van der Waals surface area contributed by atoms with Crippen LogP contribution in [0.15, 0.2) is 16.8 Å². The second kappa shape index (κ2) is 4.29. The summed E-state index contributed by atoms with van der Waals surface area (Å²) >= 11 is 1.65. The molecule has 0 fully saturated rings. The molecule has 1 rings (SSSR count). The van der Waals surface area contributed by atoms with E-state index in [-0.39, 0.29) is 0 Å². The lowest BCUT2D eigenvalue weighted by atomic mass is 10.1. The zero-order chi connectivity index (χ0) is 8.10. The molecule has 0 N–H and O–H groups in total. The van der Waals surface area contributed by atoms with Gasteiger partial charge in [-0.05, 0) is 28.8 Å². The number of Topliss-reactive ketones (excluding diaryl/α,β-unsaturated/α-hetero) is 1. The lowest BCUT2D eigenvalue weighted by Gasteiger charge is -1.94. The summed E-state index contributed by atoms with van der Waals surface area (Å²) < 4.78 is 0. The van der Waals surface area contributed by atoms with Crippen molar-refractivity contribution in [2.45, 2.75) is 26.2 Å². The summed E-state index contributed by atoms with van der Waals surface area (Å²) in [4.78, 5) is 11.1. The molecular weight excluding hydrogens is 156 g/mol. The van der Waals surface area contributed by atoms with Gasteiger partial charge in [0.25, 0.3) is 0 Å². The lowest BCUT2D eigenvalue weighted by molar-refractivity contribution is -0.118. The lowest BCUT2D eigenvalue weighted by Crippen LogP contribution is -1.99. The van der Waals surface area contributed by atoms with Crippen molar-refractivity contribution in [2.75, 3.05) is 0 Å². The van der Waals surface area contributed by atoms with Crippen LogP contribution >= 0.6 is 11.3 Å². The van der Waals surface area contributed by atoms with Crippen molar-refractivity contribution in [3.05, 3.63) is 22.4 Å². The van der Waals surface area contributed by atoms with Gasteiger partial charge in [0.1, 0.15) is 5.78 Å². The van der Waals surface area contributed by atoms with Crippen LogP contribution in [0.3, 0.4) is 0 Å². The second-order valence-electron chi connectivity index (χ2n) is 2.60. The fourth-order valence-corrected chi connectivity index (χ4v) is 1.66. The number of thiophene rings is 1. The summed E-state index contributed by atoms with van der Waals surface area (Å²) in [7, 11) is 0. The molecule has 1 aromatic heterocycles. The van der Waals surface area contributed by atoms with Gasteiger partial charge in [0, 0.05) is 12.8 Å². The first-order valence-electron chi connectivity index (χ1n) is 3.85. The maximum atomic E-state index is 11.1. The van der Waals surface area contributed by atoms with Crippen molar-refractivity contribution in [1.29, 1.82) is 0 Å². The summed E-state index contributed by atoms with van der Waals surface area (Å²) in [5.74, 6) is 0.353. The Bertz CT molecular complexity index is 213. The Morgan fingerprint density at radius 3 is 3.00 bits per heavy atom. The van der Waals surface area contributed by atoms with Crippen LogP contribution in [0.4, 0.5) is 0 Å². The Labute approximate surface area is 71.1 Å². The molecule has 1 heterocycles. The molecule has 0 radical (unpaired) electrons. The van der Waals surface area contributed by atoms with Crippen molar-refractivity contribution in [2.24, 2.45) is 0 Å². The van der Waals surface area contributed by atoms with Crippen LogP contribution in [0.25, 0.3) is 0 Å². The van der Waals surface area contributed by atoms with Gasteiger partial charge in [-0.15, -0.1) is 0 Å². The second-order valence-corrected chi connectivity index (χ2v) is 3.38. The van der Waals surface area contributed by atoms with Crippen LogP contribution in [0.5, 0.6) is 0 Å². The van der Waals surface area contributed by atoms with Gasteiger partial charge >= 0.3 is 0 Å². The van der Waals surface area contributed by atoms with E-state index in [1.54, 1.807) is 11.3 Å². The average Bonchev–Trinajstić information content (AvgIpc) is 2.40. The molecule has 0 bridgehead atoms. The maximum Gasteiger partial charge on any atom is 0.137 e. The Kier molecular flexibility index (Phi) is 3.30. The smallest absolute Gasteiger partial charge is 0.137 e. The number of rotatable bonds is 4. The maximum absolute atomic E-state index is 11.1. The monoisotopic (exact) mass is 168 g/mol. The van der Waals surface area contributed by atoms with Crippen LogP contribution in [-0.2, 0) is 11.2 Å². The zero-order valence-electron chi connectivity index (χ0n) is 6.67. The topological polar surface area (TPSA) is 17.1 Å². The molecule has 2 heteroatoms. The van der Waals surface area contributed by atoms with Crippen LogP contribution < -0.4 is 0 Å². The Hall–Kier alpha value is -0.630. The number of carbonyl (C=O) groups excluding carboxylic acids is 1. The highest BCUT2D eigenvalue weighted by atomic mass is 32.1. The molecule has 0 saturated carbocycles. The Morgan fingerprint density at radius 2 is 2.45 bits per heavy atom. The molecule has 0 aliphatic heterocycles. The molecule has 60 valence electrons. The van der Waals surface area contributed by atoms with Crippen molar-refractivity contribution < 1.29 is 4.79 Å². The van der Waals surface area contributed by atoms with Gasteiger partial charge in [-0.25, -0.2) is 0 Å². The van der Waals surface area contributed by atoms with Crippen molar-refractivity contribution >= 4 is 17.1 Å². The summed E-state index contributed by atoms with van der Waals surface area (Å²) in [6, 6.07) is 2.01. The van der Waals surface area contributed by atoms with E-state index in [2.05, 4.69) is 0 Å². The van der Waals surface area contributed by atoms with Crippen LogP contribution in [0.1, 0.15) is 25.3 Å². The zero-order valence-corrected chi connectivity index (χ0v) is 7.49. The third-order valence-corrected chi connectivity index (χ3v) is 2.24. The largest absolute Gasteiger partial charge is 0.299 e. The molecule has 0 atom stereocenters. The normalized spacial score (nSPS) is 9.91. The molecule has 0 aliphatic rings. The van der Waals surface area contributed by atoms with E-state index in [9.17, 15) is 4.79 Å². The third kappa shape index (κ3) is 2.85. The summed E-state index contributed by atoms with van der Waals surface area (Å²) in [5.41, 5.74) is 1.16. The van der Waals surface area contributed by atoms with Crippen LogP contribution in [0.2, 0.25) is 0 Å². The summed E-state index contributed by atoms with van der Waals surface area (Å²) in [6.45, 7) is 2.03. The van der Waals surface area contributed by atoms with Crippen LogP contribution in [-0.4, -0.2) is 5.78 Å². The quantitative estimate of drug-likeness (QED) is 0.675. The van der Waals surface area contributed by atoms with E-state index >= 15 is 0 Å². The molecule has 0 aliphatic carbocycles. The summed E-state index contributed by atoms with van der Waals surface area (Å²) in [5, 5.41) is 4.04. The fraction of sp³-hybridized carbons (Fsp3) is 0.444. The molecule has 0 spiro atoms. The van der Waals surface area contributed by atoms with Gasteiger partial charge in [0.05, 0.1) is 0 Å². The first kappa shape index (κ1) is 8.47. The molecular formula is C9H12OS. The van der Waals surface area contributed by atoms with Gasteiger partial charge in [-0.3, -0.25) is 4.79 Å². The van der Waals surface area contributed by atoms with Gasteiger partial charge in [0.15, 0.2) is 0 Å². The molecule has 0 saturated heterocycles. The number of ketones is 1. The van der Waals surface area contributed by atoms with Gasteiger partial charge < -0.3 is 0 Å². The molecule has 0 unspecified atom stereocenters. The van der Waals surface area contributed by atoms with Crippen LogP contribution in [0, 0.1) is 0 Å². The Morgan fingerprint density at radius 1 is 1.64 bits per heavy atom. The van der Waals surface area contributed by atoms with Crippen molar-refractivity contribution in [3.8, 4) is 0 Å². The van der Waals surface area contributed by atoms with Gasteiger partial charge in [0.2, 0.25) is 0 Å². The van der Waals surface area contributed by atoms with E-state index in [0.717, 1.165) is 18.4 Å². The minimum absolute atomic E-state index is 0.353. The number of hydrogen-bond acceptors (Lipinski definition) is 2. The van der Waals surface area contributed by atoms with Gasteiger partial charge in [-0.1, -0.05) is 6.92 Å². The Balaban J connectivity index is 2.37. The van der Waals surface area contributed by atoms with E-state index in [1.807, 2.05) is 23.8 Å². The van der Waals surface area contributed by atoms with Crippen molar-refractivity contribution in [1.82, 2.24) is 0 Å². The van der Waals surface area contributed by atoms with Crippen molar-refractivity contribution in [3.63, 3.8) is 0 Å². The highest BCUT2D eigenvalue weighted by Crippen LogP contribution is 2.08. The minimum atomic E-state index is 0.353. The molecule has 0 aromatic carbocycles. The predicted octanol–water partition coefficient (Wildman–Crippen LogP) is 2.66. The molecule has 11 heavy (non-hydrogen) atoms. The third-order valence-electron chi connectivity index (χ3n) is 1.51. The first-order chi connectivity index (χ1) is 5.33. The predicted molar refractivity (Wildman–Crippen MR) is 47.9 cm³/mol. The number of hydrogen-bond donors (Lipinski definition) is 0. The number of carbonyl (C=O) groups is 1. The standard InChI is InChI=1S/C9H12OS/c1-2-3-9(10)6-8-4-5-11-7-8/h4-5,7H,2-3,6H2,1H3. The van der Waals surface area contributed by atoms with E-state index in [4.69, 9.17) is 0 Å². The highest BCUT2D eigenvalue weighted by Gasteiger charge is 2.01. The first-order valence-corrected chi connectivity index (χ1v) is 4.80. The minimum Gasteiger partial charge on any atom is -0.299 e. The average molecular weight is 168 g/mol. The van der Waals surface area contributed by atoms with Gasteiger partial charge in [-0.2, -0.15) is 11.3 Å². The van der Waals surface area contributed by atoms with E-state index < -0.39 is 0 Å². The fourth-order valence-electron chi connectivity index (χ4n) is 0.988. The SMILES string of the molecule is CCCC(=O)Cc1ccsc1. The van der Waals surface area contributed by atoms with E-state index in [0.29, 0.717) is 12.2 Å².